The Labute approximate surface area is 150 Å². The number of nitrogens with zero attached hydrogens (tertiary/aromatic N) is 5. The molecule has 0 aliphatic rings. The average molecular weight is 343 g/mol. The van der Waals surface area contributed by atoms with E-state index in [9.17, 15) is 0 Å². The second kappa shape index (κ2) is 9.78. The fourth-order valence-corrected chi connectivity index (χ4v) is 2.40. The largest absolute Gasteiger partial charge is 0.357 e. The van der Waals surface area contributed by atoms with Crippen molar-refractivity contribution in [3.8, 4) is 0 Å². The van der Waals surface area contributed by atoms with E-state index >= 15 is 0 Å². The highest BCUT2D eigenvalue weighted by atomic mass is 15.3. The van der Waals surface area contributed by atoms with Gasteiger partial charge in [-0.2, -0.15) is 5.10 Å². The molecule has 25 heavy (non-hydrogen) atoms. The molecule has 0 atom stereocenters. The third-order valence-electron chi connectivity index (χ3n) is 3.97. The van der Waals surface area contributed by atoms with E-state index in [1.807, 2.05) is 7.05 Å². The number of rotatable bonds is 8. The van der Waals surface area contributed by atoms with E-state index in [1.54, 1.807) is 11.0 Å². The lowest BCUT2D eigenvalue weighted by molar-refractivity contribution is 0.345. The zero-order valence-corrected chi connectivity index (χ0v) is 15.7. The minimum absolute atomic E-state index is 0.587. The second-order valence-electron chi connectivity index (χ2n) is 6.00. The van der Waals surface area contributed by atoms with Gasteiger partial charge in [0.15, 0.2) is 5.96 Å². The van der Waals surface area contributed by atoms with Gasteiger partial charge in [0.2, 0.25) is 0 Å². The Bertz CT molecular complexity index is 678. The number of hydrogen-bond acceptors (Lipinski definition) is 4. The minimum atomic E-state index is 0.587. The highest BCUT2D eigenvalue weighted by molar-refractivity contribution is 5.79. The number of nitrogens with one attached hydrogen (secondary N) is 2. The third kappa shape index (κ3) is 6.19. The van der Waals surface area contributed by atoms with Crippen LogP contribution >= 0.6 is 0 Å². The molecule has 0 radical (unpaired) electrons. The smallest absolute Gasteiger partial charge is 0.191 e. The van der Waals surface area contributed by atoms with Crippen LogP contribution in [0.15, 0.2) is 35.6 Å². The Balaban J connectivity index is 1.98. The summed E-state index contributed by atoms with van der Waals surface area (Å²) in [6, 6.07) is 8.60. The number of aryl methyl sites for hydroxylation is 1. The molecule has 0 saturated carbocycles. The van der Waals surface area contributed by atoms with E-state index in [0.29, 0.717) is 13.1 Å². The van der Waals surface area contributed by atoms with Crippen molar-refractivity contribution in [3.63, 3.8) is 0 Å². The number of aliphatic imine (C=N–C) groups is 1. The summed E-state index contributed by atoms with van der Waals surface area (Å²) in [6.07, 6.45) is 1.56. The maximum Gasteiger partial charge on any atom is 0.191 e. The van der Waals surface area contributed by atoms with Gasteiger partial charge >= 0.3 is 0 Å². The molecule has 0 bridgehead atoms. The van der Waals surface area contributed by atoms with Crippen molar-refractivity contribution in [2.75, 3.05) is 20.1 Å². The molecule has 1 heterocycles. The van der Waals surface area contributed by atoms with E-state index < -0.39 is 0 Å². The van der Waals surface area contributed by atoms with Crippen molar-refractivity contribution in [3.05, 3.63) is 47.5 Å². The van der Waals surface area contributed by atoms with Crippen LogP contribution in [0.2, 0.25) is 0 Å². The quantitative estimate of drug-likeness (QED) is 0.562. The maximum atomic E-state index is 4.68. The standard InChI is InChI=1S/C18H29N7/c1-5-19-18(21-12-17-22-14-23-25(17)4)20-11-15-8-7-9-16(10-15)13-24(3)6-2/h7-10,14H,5-6,11-13H2,1-4H3,(H2,19,20,21). The Morgan fingerprint density at radius 2 is 2.04 bits per heavy atom. The van der Waals surface area contributed by atoms with E-state index in [0.717, 1.165) is 31.4 Å². The molecule has 1 aromatic carbocycles. The van der Waals surface area contributed by atoms with Gasteiger partial charge in [-0.05, 0) is 31.6 Å². The Hall–Kier alpha value is -2.41. The zero-order valence-electron chi connectivity index (χ0n) is 15.7. The summed E-state index contributed by atoms with van der Waals surface area (Å²) in [7, 11) is 4.01. The third-order valence-corrected chi connectivity index (χ3v) is 3.97. The van der Waals surface area contributed by atoms with E-state index in [2.05, 4.69) is 75.8 Å². The Morgan fingerprint density at radius 3 is 2.72 bits per heavy atom. The monoisotopic (exact) mass is 343 g/mol. The summed E-state index contributed by atoms with van der Waals surface area (Å²) in [5.41, 5.74) is 2.52. The second-order valence-corrected chi connectivity index (χ2v) is 6.00. The van der Waals surface area contributed by atoms with Gasteiger partial charge in [0, 0.05) is 20.1 Å². The lowest BCUT2D eigenvalue weighted by atomic mass is 10.1. The SMILES string of the molecule is CCNC(=NCc1cccc(CN(C)CC)c1)NCc1ncnn1C. The lowest BCUT2D eigenvalue weighted by Crippen LogP contribution is -2.37. The lowest BCUT2D eigenvalue weighted by Gasteiger charge is -2.14. The Kier molecular flexibility index (Phi) is 7.40. The molecule has 0 fully saturated rings. The van der Waals surface area contributed by atoms with Crippen LogP contribution in [0, 0.1) is 0 Å². The van der Waals surface area contributed by atoms with Crippen LogP contribution in [0.25, 0.3) is 0 Å². The van der Waals surface area contributed by atoms with E-state index in [4.69, 9.17) is 0 Å². The van der Waals surface area contributed by atoms with Crippen LogP contribution in [0.4, 0.5) is 0 Å². The predicted molar refractivity (Wildman–Crippen MR) is 101 cm³/mol. The molecule has 0 spiro atoms. The van der Waals surface area contributed by atoms with E-state index in [-0.39, 0.29) is 0 Å². The van der Waals surface area contributed by atoms with Gasteiger partial charge in [0.1, 0.15) is 12.2 Å². The summed E-state index contributed by atoms with van der Waals surface area (Å²) in [4.78, 5) is 11.2. The zero-order chi connectivity index (χ0) is 18.1. The topological polar surface area (TPSA) is 70.4 Å². The van der Waals surface area contributed by atoms with E-state index in [1.165, 1.54) is 11.1 Å². The van der Waals surface area contributed by atoms with Crippen LogP contribution in [0.3, 0.4) is 0 Å². The first-order valence-electron chi connectivity index (χ1n) is 8.73. The van der Waals surface area contributed by atoms with Gasteiger partial charge < -0.3 is 15.5 Å². The van der Waals surface area contributed by atoms with Crippen LogP contribution < -0.4 is 10.6 Å². The van der Waals surface area contributed by atoms with Crippen LogP contribution in [0.1, 0.15) is 30.8 Å². The van der Waals surface area contributed by atoms with Crippen molar-refractivity contribution in [1.82, 2.24) is 30.3 Å². The summed E-state index contributed by atoms with van der Waals surface area (Å²) in [5, 5.41) is 10.6. The normalized spacial score (nSPS) is 11.8. The summed E-state index contributed by atoms with van der Waals surface area (Å²) in [6.45, 7) is 8.26. The van der Waals surface area contributed by atoms with Crippen molar-refractivity contribution in [2.24, 2.45) is 12.0 Å². The van der Waals surface area contributed by atoms with Gasteiger partial charge in [0.05, 0.1) is 13.1 Å². The molecule has 2 aromatic rings. The van der Waals surface area contributed by atoms with Crippen LogP contribution in [0.5, 0.6) is 0 Å². The molecule has 0 unspecified atom stereocenters. The molecular weight excluding hydrogens is 314 g/mol. The molecule has 7 heteroatoms. The van der Waals surface area contributed by atoms with Crippen molar-refractivity contribution in [2.45, 2.75) is 33.5 Å². The number of benzene rings is 1. The first-order chi connectivity index (χ1) is 12.1. The molecular formula is C18H29N7. The average Bonchev–Trinajstić information content (AvgIpc) is 3.02. The van der Waals surface area contributed by atoms with Gasteiger partial charge in [0.25, 0.3) is 0 Å². The number of aromatic nitrogens is 3. The molecule has 136 valence electrons. The highest BCUT2D eigenvalue weighted by Crippen LogP contribution is 2.08. The molecule has 2 N–H and O–H groups in total. The molecule has 7 nitrogen and oxygen atoms in total. The first-order valence-corrected chi connectivity index (χ1v) is 8.73. The minimum Gasteiger partial charge on any atom is -0.357 e. The summed E-state index contributed by atoms with van der Waals surface area (Å²) < 4.78 is 1.75. The van der Waals surface area contributed by atoms with Gasteiger partial charge in [-0.15, -0.1) is 0 Å². The molecule has 0 saturated heterocycles. The molecule has 0 amide bonds. The predicted octanol–water partition coefficient (Wildman–Crippen LogP) is 1.52. The summed E-state index contributed by atoms with van der Waals surface area (Å²) >= 11 is 0. The van der Waals surface area contributed by atoms with Gasteiger partial charge in [-0.3, -0.25) is 4.68 Å². The first kappa shape index (κ1) is 18.9. The van der Waals surface area contributed by atoms with Crippen molar-refractivity contribution in [1.29, 1.82) is 0 Å². The molecule has 0 aliphatic heterocycles. The molecule has 2 rings (SSSR count). The highest BCUT2D eigenvalue weighted by Gasteiger charge is 2.03. The van der Waals surface area contributed by atoms with Crippen molar-refractivity contribution < 1.29 is 0 Å². The fraction of sp³-hybridized carbons (Fsp3) is 0.500. The maximum absolute atomic E-state index is 4.68. The van der Waals surface area contributed by atoms with Crippen molar-refractivity contribution >= 4 is 5.96 Å². The van der Waals surface area contributed by atoms with Crippen LogP contribution in [-0.4, -0.2) is 45.8 Å². The fourth-order valence-electron chi connectivity index (χ4n) is 2.40. The Morgan fingerprint density at radius 1 is 1.24 bits per heavy atom. The number of hydrogen-bond donors (Lipinski definition) is 2. The van der Waals surface area contributed by atoms with Crippen LogP contribution in [-0.2, 0) is 26.7 Å². The van der Waals surface area contributed by atoms with Gasteiger partial charge in [-0.25, -0.2) is 9.98 Å². The molecule has 1 aromatic heterocycles. The van der Waals surface area contributed by atoms with Gasteiger partial charge in [-0.1, -0.05) is 31.2 Å². The number of guanidine groups is 1. The summed E-state index contributed by atoms with van der Waals surface area (Å²) in [5.74, 6) is 1.65. The molecule has 0 aliphatic carbocycles.